The Kier molecular flexibility index (Phi) is 6.28. The number of hydrogen-bond acceptors (Lipinski definition) is 2. The van der Waals surface area contributed by atoms with Crippen LogP contribution in [0.2, 0.25) is 0 Å². The zero-order chi connectivity index (χ0) is 11.5. The first-order valence-electron chi connectivity index (χ1n) is 4.33. The lowest BCUT2D eigenvalue weighted by Gasteiger charge is -2.14. The van der Waals surface area contributed by atoms with Crippen molar-refractivity contribution < 1.29 is 13.2 Å². The number of halogens is 5. The molecule has 0 fully saturated rings. The summed E-state index contributed by atoms with van der Waals surface area (Å²) >= 11 is 3.14. The molecule has 0 amide bonds. The van der Waals surface area contributed by atoms with Gasteiger partial charge in [0.25, 0.3) is 0 Å². The van der Waals surface area contributed by atoms with Gasteiger partial charge in [-0.25, -0.2) is 4.98 Å². The van der Waals surface area contributed by atoms with Crippen LogP contribution in [0.15, 0.2) is 22.9 Å². The molecule has 2 N–H and O–H groups in total. The lowest BCUT2D eigenvalue weighted by molar-refractivity contribution is -0.136. The first kappa shape index (κ1) is 15.7. The monoisotopic (exact) mass is 318 g/mol. The molecular weight excluding hydrogens is 308 g/mol. The largest absolute Gasteiger partial charge is 0.389 e. The third-order valence-corrected chi connectivity index (χ3v) is 2.59. The Morgan fingerprint density at radius 3 is 2.56 bits per heavy atom. The number of aromatic nitrogens is 1. The van der Waals surface area contributed by atoms with Crippen molar-refractivity contribution in [2.24, 2.45) is 5.73 Å². The summed E-state index contributed by atoms with van der Waals surface area (Å²) < 4.78 is 36.3. The highest BCUT2D eigenvalue weighted by Crippen LogP contribution is 2.28. The van der Waals surface area contributed by atoms with Crippen LogP contribution in [0.5, 0.6) is 0 Å². The molecule has 1 rings (SSSR count). The molecule has 1 aromatic rings. The second-order valence-electron chi connectivity index (χ2n) is 3.14. The Bertz CT molecular complexity index is 333. The average molecular weight is 320 g/mol. The minimum absolute atomic E-state index is 0. The molecule has 92 valence electrons. The minimum Gasteiger partial charge on any atom is -0.324 e. The molecule has 0 spiro atoms. The summed E-state index contributed by atoms with van der Waals surface area (Å²) in [6.07, 6.45) is -3.63. The van der Waals surface area contributed by atoms with Gasteiger partial charge in [0.1, 0.15) is 4.60 Å². The minimum atomic E-state index is -4.16. The van der Waals surface area contributed by atoms with E-state index < -0.39 is 18.6 Å². The van der Waals surface area contributed by atoms with Crippen LogP contribution in [0, 0.1) is 0 Å². The zero-order valence-corrected chi connectivity index (χ0v) is 10.6. The van der Waals surface area contributed by atoms with E-state index in [-0.39, 0.29) is 18.8 Å². The van der Waals surface area contributed by atoms with E-state index >= 15 is 0 Å². The van der Waals surface area contributed by atoms with Crippen molar-refractivity contribution in [2.75, 3.05) is 0 Å². The third kappa shape index (κ3) is 5.14. The van der Waals surface area contributed by atoms with Crippen LogP contribution in [0.4, 0.5) is 13.2 Å². The first-order valence-corrected chi connectivity index (χ1v) is 5.12. The second-order valence-corrected chi connectivity index (χ2v) is 3.89. The molecule has 1 heterocycles. The molecule has 0 unspecified atom stereocenters. The molecule has 0 aliphatic heterocycles. The standard InChI is InChI=1S/C9H10BrF3N2.ClH/c10-8-6(2-1-5-15-8)7(14)3-4-9(11,12)13;/h1-2,5,7H,3-4,14H2;1H/t7-;/m0./s1. The lowest BCUT2D eigenvalue weighted by atomic mass is 10.1. The smallest absolute Gasteiger partial charge is 0.324 e. The van der Waals surface area contributed by atoms with E-state index in [0.29, 0.717) is 10.2 Å². The van der Waals surface area contributed by atoms with Gasteiger partial charge in [0.05, 0.1) is 0 Å². The summed E-state index contributed by atoms with van der Waals surface area (Å²) in [5.41, 5.74) is 6.23. The summed E-state index contributed by atoms with van der Waals surface area (Å²) in [5, 5.41) is 0. The predicted octanol–water partition coefficient (Wildman–Crippen LogP) is 3.61. The number of nitrogens with zero attached hydrogens (tertiary/aromatic N) is 1. The van der Waals surface area contributed by atoms with Crippen molar-refractivity contribution in [3.63, 3.8) is 0 Å². The molecule has 1 aromatic heterocycles. The highest BCUT2D eigenvalue weighted by Gasteiger charge is 2.28. The van der Waals surface area contributed by atoms with Gasteiger partial charge in [-0.1, -0.05) is 6.07 Å². The van der Waals surface area contributed by atoms with E-state index in [9.17, 15) is 13.2 Å². The summed E-state index contributed by atoms with van der Waals surface area (Å²) in [6, 6.07) is 2.67. The summed E-state index contributed by atoms with van der Waals surface area (Å²) in [7, 11) is 0. The summed E-state index contributed by atoms with van der Waals surface area (Å²) in [5.74, 6) is 0. The topological polar surface area (TPSA) is 38.9 Å². The van der Waals surface area contributed by atoms with Gasteiger partial charge in [-0.15, -0.1) is 12.4 Å². The molecule has 0 saturated carbocycles. The van der Waals surface area contributed by atoms with Crippen molar-refractivity contribution in [3.05, 3.63) is 28.5 Å². The maximum absolute atomic E-state index is 11.9. The molecule has 7 heteroatoms. The predicted molar refractivity (Wildman–Crippen MR) is 61.4 cm³/mol. The van der Waals surface area contributed by atoms with E-state index in [1.165, 1.54) is 0 Å². The van der Waals surface area contributed by atoms with Crippen LogP contribution >= 0.6 is 28.3 Å². The van der Waals surface area contributed by atoms with Crippen LogP contribution in [0.25, 0.3) is 0 Å². The fraction of sp³-hybridized carbons (Fsp3) is 0.444. The van der Waals surface area contributed by atoms with Crippen LogP contribution in [-0.4, -0.2) is 11.2 Å². The Labute approximate surface area is 106 Å². The number of hydrogen-bond donors (Lipinski definition) is 1. The number of alkyl halides is 3. The van der Waals surface area contributed by atoms with Gasteiger partial charge in [-0.05, 0) is 28.4 Å². The van der Waals surface area contributed by atoms with Gasteiger partial charge in [0.2, 0.25) is 0 Å². The molecular formula is C9H11BrClF3N2. The van der Waals surface area contributed by atoms with Crippen LogP contribution in [0.3, 0.4) is 0 Å². The van der Waals surface area contributed by atoms with E-state index in [1.54, 1.807) is 18.3 Å². The van der Waals surface area contributed by atoms with E-state index in [0.717, 1.165) is 0 Å². The SMILES string of the molecule is Cl.N[C@@H](CCC(F)(F)F)c1cccnc1Br. The van der Waals surface area contributed by atoms with Crippen molar-refractivity contribution in [1.82, 2.24) is 4.98 Å². The summed E-state index contributed by atoms with van der Waals surface area (Å²) in [6.45, 7) is 0. The molecule has 0 aromatic carbocycles. The molecule has 0 aliphatic carbocycles. The Morgan fingerprint density at radius 2 is 2.06 bits per heavy atom. The average Bonchev–Trinajstić information content (AvgIpc) is 2.14. The molecule has 1 atom stereocenters. The zero-order valence-electron chi connectivity index (χ0n) is 8.17. The maximum Gasteiger partial charge on any atom is 0.389 e. The molecule has 2 nitrogen and oxygen atoms in total. The lowest BCUT2D eigenvalue weighted by Crippen LogP contribution is -2.16. The van der Waals surface area contributed by atoms with E-state index in [4.69, 9.17) is 5.73 Å². The maximum atomic E-state index is 11.9. The number of pyridine rings is 1. The normalized spacial score (nSPS) is 13.1. The van der Waals surface area contributed by atoms with Crippen LogP contribution < -0.4 is 5.73 Å². The van der Waals surface area contributed by atoms with Gasteiger partial charge in [-0.3, -0.25) is 0 Å². The highest BCUT2D eigenvalue weighted by atomic mass is 79.9. The first-order chi connectivity index (χ1) is 6.90. The van der Waals surface area contributed by atoms with Crippen molar-refractivity contribution >= 4 is 28.3 Å². The summed E-state index contributed by atoms with van der Waals surface area (Å²) in [4.78, 5) is 3.90. The Balaban J connectivity index is 0.00000225. The molecule has 0 saturated heterocycles. The van der Waals surface area contributed by atoms with Gasteiger partial charge in [-0.2, -0.15) is 13.2 Å². The van der Waals surface area contributed by atoms with E-state index in [1.807, 2.05) is 0 Å². The quantitative estimate of drug-likeness (QED) is 0.865. The van der Waals surface area contributed by atoms with Gasteiger partial charge in [0, 0.05) is 24.2 Å². The van der Waals surface area contributed by atoms with Crippen molar-refractivity contribution in [2.45, 2.75) is 25.1 Å². The molecule has 0 bridgehead atoms. The molecule has 16 heavy (non-hydrogen) atoms. The van der Waals surface area contributed by atoms with Gasteiger partial charge in [0.15, 0.2) is 0 Å². The van der Waals surface area contributed by atoms with E-state index in [2.05, 4.69) is 20.9 Å². The number of rotatable bonds is 3. The van der Waals surface area contributed by atoms with Gasteiger partial charge >= 0.3 is 6.18 Å². The second kappa shape index (κ2) is 6.42. The van der Waals surface area contributed by atoms with Crippen molar-refractivity contribution in [3.8, 4) is 0 Å². The molecule has 0 aliphatic rings. The fourth-order valence-corrected chi connectivity index (χ4v) is 1.69. The Hall–Kier alpha value is -0.330. The van der Waals surface area contributed by atoms with Gasteiger partial charge < -0.3 is 5.73 Å². The number of nitrogens with two attached hydrogens (primary N) is 1. The molecule has 0 radical (unpaired) electrons. The highest BCUT2D eigenvalue weighted by molar-refractivity contribution is 9.10. The third-order valence-electron chi connectivity index (χ3n) is 1.93. The fourth-order valence-electron chi connectivity index (χ4n) is 1.15. The van der Waals surface area contributed by atoms with Crippen LogP contribution in [-0.2, 0) is 0 Å². The Morgan fingerprint density at radius 1 is 1.44 bits per heavy atom. The van der Waals surface area contributed by atoms with Crippen LogP contribution in [0.1, 0.15) is 24.4 Å². The van der Waals surface area contributed by atoms with Crippen molar-refractivity contribution in [1.29, 1.82) is 0 Å².